The number of hydrogen-bond acceptors (Lipinski definition) is 4. The number of amides is 1. The molecule has 0 bridgehead atoms. The molecule has 0 saturated heterocycles. The van der Waals surface area contributed by atoms with Crippen LogP contribution in [-0.4, -0.2) is 49.5 Å². The molecule has 0 spiro atoms. The Kier molecular flexibility index (Phi) is 7.50. The number of rotatable bonds is 9. The van der Waals surface area contributed by atoms with Crippen molar-refractivity contribution in [1.29, 1.82) is 0 Å². The van der Waals surface area contributed by atoms with E-state index in [0.29, 0.717) is 25.4 Å². The molecule has 0 fully saturated rings. The van der Waals surface area contributed by atoms with Crippen LogP contribution in [0.3, 0.4) is 0 Å². The van der Waals surface area contributed by atoms with Crippen molar-refractivity contribution in [3.8, 4) is 5.75 Å². The smallest absolute Gasteiger partial charge is 0.391 e. The lowest BCUT2D eigenvalue weighted by atomic mass is 10.1. The average Bonchev–Trinajstić information content (AvgIpc) is 2.50. The number of carbonyl (C=O) groups excluding carboxylic acids is 1. The van der Waals surface area contributed by atoms with Crippen molar-refractivity contribution in [3.05, 3.63) is 29.8 Å². The highest BCUT2D eigenvalue weighted by atomic mass is 19.4. The van der Waals surface area contributed by atoms with Gasteiger partial charge in [0.25, 0.3) is 5.91 Å². The summed E-state index contributed by atoms with van der Waals surface area (Å²) in [6, 6.07) is 3.69. The van der Waals surface area contributed by atoms with Crippen LogP contribution in [0.2, 0.25) is 0 Å². The summed E-state index contributed by atoms with van der Waals surface area (Å²) in [7, 11) is 1.55. The first kappa shape index (κ1) is 19.8. The summed E-state index contributed by atoms with van der Waals surface area (Å²) in [5.41, 5.74) is 0.00710. The fourth-order valence-corrected chi connectivity index (χ4v) is 1.79. The summed E-state index contributed by atoms with van der Waals surface area (Å²) in [5, 5.41) is 10.7. The molecule has 2 N–H and O–H groups in total. The van der Waals surface area contributed by atoms with E-state index in [0.717, 1.165) is 0 Å². The number of methoxy groups -OCH3 is 1. The predicted molar refractivity (Wildman–Crippen MR) is 78.0 cm³/mol. The predicted octanol–water partition coefficient (Wildman–Crippen LogP) is 2.24. The Labute approximate surface area is 136 Å². The molecule has 1 aromatic carbocycles. The largest absolute Gasteiger partial charge is 0.493 e. The Hall–Kier alpha value is -2.29. The van der Waals surface area contributed by atoms with Crippen molar-refractivity contribution < 1.29 is 37.3 Å². The maximum atomic E-state index is 12.3. The molecule has 0 aliphatic carbocycles. The minimum Gasteiger partial charge on any atom is -0.493 e. The second-order valence-electron chi connectivity index (χ2n) is 4.91. The Morgan fingerprint density at radius 2 is 2.00 bits per heavy atom. The highest BCUT2D eigenvalue weighted by molar-refractivity contribution is 5.96. The molecule has 9 heteroatoms. The summed E-state index contributed by atoms with van der Waals surface area (Å²) in [4.78, 5) is 22.8. The van der Waals surface area contributed by atoms with Gasteiger partial charge in [-0.15, -0.1) is 0 Å². The second kappa shape index (κ2) is 9.11. The minimum atomic E-state index is -4.71. The number of alkyl halides is 3. The van der Waals surface area contributed by atoms with Crippen molar-refractivity contribution in [1.82, 2.24) is 5.32 Å². The lowest BCUT2D eigenvalue weighted by molar-refractivity contribution is -0.157. The van der Waals surface area contributed by atoms with Crippen LogP contribution in [0.4, 0.5) is 13.2 Å². The molecule has 0 saturated carbocycles. The zero-order chi connectivity index (χ0) is 18.2. The summed E-state index contributed by atoms with van der Waals surface area (Å²) >= 11 is 0. The van der Waals surface area contributed by atoms with Crippen molar-refractivity contribution >= 4 is 11.9 Å². The molecule has 24 heavy (non-hydrogen) atoms. The maximum Gasteiger partial charge on any atom is 0.391 e. The normalized spacial score (nSPS) is 12.5. The highest BCUT2D eigenvalue weighted by Crippen LogP contribution is 2.22. The summed E-state index contributed by atoms with van der Waals surface area (Å²) in [5.74, 6) is -2.33. The van der Waals surface area contributed by atoms with E-state index < -0.39 is 30.5 Å². The molecule has 1 rings (SSSR count). The number of nitrogens with one attached hydrogen (secondary N) is 1. The quantitative estimate of drug-likeness (QED) is 0.668. The van der Waals surface area contributed by atoms with Gasteiger partial charge < -0.3 is 19.9 Å². The molecule has 134 valence electrons. The SMILES string of the molecule is COCCCOc1cccc(C(=O)NC(CC(F)(F)F)C(=O)O)c1. The number of carboxylic acids is 1. The molecule has 0 aliphatic heterocycles. The Morgan fingerprint density at radius 1 is 1.29 bits per heavy atom. The summed E-state index contributed by atoms with van der Waals surface area (Å²) in [6.07, 6.45) is -5.73. The molecular weight excluding hydrogens is 331 g/mol. The van der Waals surface area contributed by atoms with E-state index in [2.05, 4.69) is 0 Å². The van der Waals surface area contributed by atoms with Crippen molar-refractivity contribution in [2.45, 2.75) is 25.1 Å². The third-order valence-corrected chi connectivity index (χ3v) is 2.90. The van der Waals surface area contributed by atoms with Crippen LogP contribution in [0.1, 0.15) is 23.2 Å². The zero-order valence-corrected chi connectivity index (χ0v) is 12.9. The third-order valence-electron chi connectivity index (χ3n) is 2.90. The standard InChI is InChI=1S/C15H18F3NO5/c1-23-6-3-7-24-11-5-2-4-10(8-11)13(20)19-12(14(21)22)9-15(16,17)18/h2,4-5,8,12H,3,6-7,9H2,1H3,(H,19,20)(H,21,22). The van der Waals surface area contributed by atoms with E-state index in [1.807, 2.05) is 5.32 Å². The van der Waals surface area contributed by atoms with E-state index in [4.69, 9.17) is 14.6 Å². The average molecular weight is 349 g/mol. The number of ether oxygens (including phenoxy) is 2. The van der Waals surface area contributed by atoms with E-state index in [1.165, 1.54) is 18.2 Å². The first-order valence-electron chi connectivity index (χ1n) is 7.05. The minimum absolute atomic E-state index is 0.00710. The highest BCUT2D eigenvalue weighted by Gasteiger charge is 2.36. The molecule has 1 unspecified atom stereocenters. The van der Waals surface area contributed by atoms with Crippen LogP contribution in [0, 0.1) is 0 Å². The van der Waals surface area contributed by atoms with E-state index >= 15 is 0 Å². The van der Waals surface area contributed by atoms with E-state index in [9.17, 15) is 22.8 Å². The Bertz CT molecular complexity index is 562. The number of carbonyl (C=O) groups is 2. The lowest BCUT2D eigenvalue weighted by Crippen LogP contribution is -2.43. The van der Waals surface area contributed by atoms with Gasteiger partial charge in [0.2, 0.25) is 0 Å². The molecule has 0 aliphatic rings. The van der Waals surface area contributed by atoms with Gasteiger partial charge in [-0.2, -0.15) is 13.2 Å². The van der Waals surface area contributed by atoms with Gasteiger partial charge >= 0.3 is 12.1 Å². The van der Waals surface area contributed by atoms with Crippen LogP contribution in [0.15, 0.2) is 24.3 Å². The van der Waals surface area contributed by atoms with Crippen molar-refractivity contribution in [2.24, 2.45) is 0 Å². The monoisotopic (exact) mass is 349 g/mol. The van der Waals surface area contributed by atoms with Crippen molar-refractivity contribution in [3.63, 3.8) is 0 Å². The number of halogens is 3. The fourth-order valence-electron chi connectivity index (χ4n) is 1.79. The Morgan fingerprint density at radius 3 is 2.58 bits per heavy atom. The molecule has 1 atom stereocenters. The van der Waals surface area contributed by atoms with Crippen molar-refractivity contribution in [2.75, 3.05) is 20.3 Å². The summed E-state index contributed by atoms with van der Waals surface area (Å²) in [6.45, 7) is 0.836. The molecule has 6 nitrogen and oxygen atoms in total. The van der Waals surface area contributed by atoms with Gasteiger partial charge in [0.1, 0.15) is 11.8 Å². The fraction of sp³-hybridized carbons (Fsp3) is 0.467. The number of carboxylic acid groups (broad SMARTS) is 1. The number of benzene rings is 1. The van der Waals surface area contributed by atoms with Crippen LogP contribution in [0.25, 0.3) is 0 Å². The van der Waals surface area contributed by atoms with Crippen LogP contribution >= 0.6 is 0 Å². The van der Waals surface area contributed by atoms with E-state index in [1.54, 1.807) is 13.2 Å². The van der Waals surface area contributed by atoms with Gasteiger partial charge in [-0.3, -0.25) is 4.79 Å². The van der Waals surface area contributed by atoms with E-state index in [-0.39, 0.29) is 5.56 Å². The second-order valence-corrected chi connectivity index (χ2v) is 4.91. The van der Waals surface area contributed by atoms with Gasteiger partial charge in [-0.25, -0.2) is 4.79 Å². The maximum absolute atomic E-state index is 12.3. The Balaban J connectivity index is 2.70. The molecule has 0 radical (unpaired) electrons. The van der Waals surface area contributed by atoms with Crippen LogP contribution < -0.4 is 10.1 Å². The van der Waals surface area contributed by atoms with Crippen LogP contribution in [0.5, 0.6) is 5.75 Å². The summed E-state index contributed by atoms with van der Waals surface area (Å²) < 4.78 is 47.3. The lowest BCUT2D eigenvalue weighted by Gasteiger charge is -2.16. The number of hydrogen-bond donors (Lipinski definition) is 2. The third kappa shape index (κ3) is 7.32. The molecule has 0 aromatic heterocycles. The van der Waals surface area contributed by atoms with Gasteiger partial charge in [-0.1, -0.05) is 6.07 Å². The van der Waals surface area contributed by atoms with Gasteiger partial charge in [-0.05, 0) is 18.2 Å². The van der Waals surface area contributed by atoms with Gasteiger partial charge in [0, 0.05) is 25.7 Å². The first-order chi connectivity index (χ1) is 11.2. The van der Waals surface area contributed by atoms with Gasteiger partial charge in [0.05, 0.1) is 13.0 Å². The molecule has 0 heterocycles. The zero-order valence-electron chi connectivity index (χ0n) is 12.9. The first-order valence-corrected chi connectivity index (χ1v) is 7.05. The van der Waals surface area contributed by atoms with Gasteiger partial charge in [0.15, 0.2) is 0 Å². The van der Waals surface area contributed by atoms with Crippen LogP contribution in [-0.2, 0) is 9.53 Å². The number of aliphatic carboxylic acids is 1. The topological polar surface area (TPSA) is 84.9 Å². The molecule has 1 amide bonds. The molecular formula is C15H18F3NO5. The molecule has 1 aromatic rings.